The van der Waals surface area contributed by atoms with E-state index in [9.17, 15) is 27.9 Å². The van der Waals surface area contributed by atoms with Gasteiger partial charge in [0.1, 0.15) is 5.75 Å². The van der Waals surface area contributed by atoms with Crippen LogP contribution in [-0.2, 0) is 22.2 Å². The van der Waals surface area contributed by atoms with Crippen molar-refractivity contribution in [2.45, 2.75) is 70.9 Å². The molecule has 0 saturated carbocycles. The van der Waals surface area contributed by atoms with Crippen molar-refractivity contribution in [3.05, 3.63) is 53.6 Å². The molecule has 210 valence electrons. The summed E-state index contributed by atoms with van der Waals surface area (Å²) >= 11 is 0. The van der Waals surface area contributed by atoms with Gasteiger partial charge in [-0.3, -0.25) is 9.59 Å². The molecular formula is C29H39F3N2O4. The summed E-state index contributed by atoms with van der Waals surface area (Å²) in [6, 6.07) is 10.4. The first-order chi connectivity index (χ1) is 18.0. The van der Waals surface area contributed by atoms with Crippen molar-refractivity contribution in [2.75, 3.05) is 30.9 Å². The molecule has 2 N–H and O–H groups in total. The molecule has 0 bridgehead atoms. The van der Waals surface area contributed by atoms with Crippen LogP contribution in [-0.4, -0.2) is 37.7 Å². The number of alkyl halides is 3. The van der Waals surface area contributed by atoms with Crippen LogP contribution in [0.15, 0.2) is 42.5 Å². The summed E-state index contributed by atoms with van der Waals surface area (Å²) in [5, 5.41) is 12.3. The number of anilines is 2. The van der Waals surface area contributed by atoms with Crippen molar-refractivity contribution in [3.63, 3.8) is 0 Å². The number of ether oxygens (including phenoxy) is 1. The molecule has 6 nitrogen and oxygen atoms in total. The van der Waals surface area contributed by atoms with Crippen molar-refractivity contribution in [2.24, 2.45) is 5.92 Å². The monoisotopic (exact) mass is 536 g/mol. The Morgan fingerprint density at radius 1 is 0.974 bits per heavy atom. The molecule has 2 aromatic carbocycles. The Hall–Kier alpha value is -3.23. The number of hydrogen-bond acceptors (Lipinski definition) is 4. The summed E-state index contributed by atoms with van der Waals surface area (Å²) in [6.45, 7) is 2.30. The second-order valence-corrected chi connectivity index (χ2v) is 9.68. The average Bonchev–Trinajstić information content (AvgIpc) is 2.85. The molecule has 1 atom stereocenters. The molecule has 0 aliphatic carbocycles. The Labute approximate surface area is 223 Å². The van der Waals surface area contributed by atoms with Gasteiger partial charge in [0.05, 0.1) is 29.5 Å². The maximum absolute atomic E-state index is 12.6. The maximum Gasteiger partial charge on any atom is 0.416 e. The molecule has 0 fully saturated rings. The zero-order valence-corrected chi connectivity index (χ0v) is 22.4. The van der Waals surface area contributed by atoms with Crippen LogP contribution in [0.1, 0.15) is 69.4 Å². The second kappa shape index (κ2) is 15.2. The van der Waals surface area contributed by atoms with Gasteiger partial charge in [0.25, 0.3) is 0 Å². The predicted molar refractivity (Wildman–Crippen MR) is 144 cm³/mol. The van der Waals surface area contributed by atoms with Gasteiger partial charge in [0.15, 0.2) is 0 Å². The first kappa shape index (κ1) is 31.0. The number of carboxylic acid groups (broad SMARTS) is 1. The van der Waals surface area contributed by atoms with Gasteiger partial charge in [-0.2, -0.15) is 13.2 Å². The molecule has 1 amide bonds. The van der Waals surface area contributed by atoms with E-state index < -0.39 is 23.6 Å². The minimum atomic E-state index is -4.35. The molecule has 0 spiro atoms. The summed E-state index contributed by atoms with van der Waals surface area (Å²) in [4.78, 5) is 25.9. The largest absolute Gasteiger partial charge is 0.494 e. The fourth-order valence-electron chi connectivity index (χ4n) is 4.13. The van der Waals surface area contributed by atoms with Gasteiger partial charge in [-0.25, -0.2) is 0 Å². The number of nitrogens with zero attached hydrogens (tertiary/aromatic N) is 1. The van der Waals surface area contributed by atoms with Gasteiger partial charge in [-0.1, -0.05) is 38.7 Å². The highest BCUT2D eigenvalue weighted by Crippen LogP contribution is 2.30. The minimum Gasteiger partial charge on any atom is -0.494 e. The number of carboxylic acids is 1. The lowest BCUT2D eigenvalue weighted by Crippen LogP contribution is -2.18. The lowest BCUT2D eigenvalue weighted by molar-refractivity contribution is -0.142. The van der Waals surface area contributed by atoms with Crippen LogP contribution in [0.4, 0.5) is 24.5 Å². The van der Waals surface area contributed by atoms with Crippen molar-refractivity contribution >= 4 is 23.3 Å². The highest BCUT2D eigenvalue weighted by molar-refractivity contribution is 5.94. The number of amides is 1. The summed E-state index contributed by atoms with van der Waals surface area (Å²) in [5.74, 6) is -0.916. The Kier molecular flexibility index (Phi) is 12.4. The number of benzene rings is 2. The van der Waals surface area contributed by atoms with Crippen LogP contribution in [0, 0.1) is 5.92 Å². The van der Waals surface area contributed by atoms with E-state index in [1.807, 2.05) is 44.1 Å². The second-order valence-electron chi connectivity index (χ2n) is 9.68. The molecule has 2 aromatic rings. The van der Waals surface area contributed by atoms with Crippen LogP contribution >= 0.6 is 0 Å². The van der Waals surface area contributed by atoms with Gasteiger partial charge >= 0.3 is 12.1 Å². The van der Waals surface area contributed by atoms with Gasteiger partial charge in [0, 0.05) is 20.5 Å². The van der Waals surface area contributed by atoms with Crippen LogP contribution in [0.25, 0.3) is 0 Å². The highest BCUT2D eigenvalue weighted by Gasteiger charge is 2.30. The predicted octanol–water partition coefficient (Wildman–Crippen LogP) is 7.17. The van der Waals surface area contributed by atoms with Crippen LogP contribution in [0.5, 0.6) is 5.75 Å². The fraction of sp³-hybridized carbons (Fsp3) is 0.517. The number of unbranched alkanes of at least 4 members (excludes halogenated alkanes) is 5. The number of carbonyl (C=O) groups excluding carboxylic acids is 1. The molecule has 0 radical (unpaired) electrons. The molecule has 0 heterocycles. The normalized spacial score (nSPS) is 12.2. The third kappa shape index (κ3) is 10.6. The molecule has 2 rings (SSSR count). The minimum absolute atomic E-state index is 0.0690. The Morgan fingerprint density at radius 3 is 2.18 bits per heavy atom. The molecule has 0 saturated heterocycles. The third-order valence-corrected chi connectivity index (χ3v) is 6.39. The van der Waals surface area contributed by atoms with E-state index in [1.165, 1.54) is 12.1 Å². The van der Waals surface area contributed by atoms with Gasteiger partial charge in [-0.15, -0.1) is 0 Å². The van der Waals surface area contributed by atoms with E-state index in [2.05, 4.69) is 5.32 Å². The molecule has 0 aromatic heterocycles. The third-order valence-electron chi connectivity index (χ3n) is 6.39. The molecule has 0 unspecified atom stereocenters. The van der Waals surface area contributed by atoms with Crippen LogP contribution in [0.2, 0.25) is 0 Å². The van der Waals surface area contributed by atoms with Crippen molar-refractivity contribution in [1.29, 1.82) is 0 Å². The van der Waals surface area contributed by atoms with E-state index in [4.69, 9.17) is 4.74 Å². The van der Waals surface area contributed by atoms with E-state index in [0.29, 0.717) is 37.3 Å². The van der Waals surface area contributed by atoms with E-state index in [0.717, 1.165) is 61.9 Å². The average molecular weight is 537 g/mol. The number of nitrogens with one attached hydrogen (secondary N) is 1. The smallest absolute Gasteiger partial charge is 0.416 e. The molecular weight excluding hydrogens is 497 g/mol. The number of rotatable bonds is 16. The molecule has 0 aliphatic heterocycles. The molecule has 9 heteroatoms. The quantitative estimate of drug-likeness (QED) is 0.222. The number of aliphatic carboxylic acids is 1. The van der Waals surface area contributed by atoms with Gasteiger partial charge < -0.3 is 20.1 Å². The van der Waals surface area contributed by atoms with Crippen LogP contribution in [0.3, 0.4) is 0 Å². The Morgan fingerprint density at radius 2 is 1.61 bits per heavy atom. The zero-order valence-electron chi connectivity index (χ0n) is 22.4. The fourth-order valence-corrected chi connectivity index (χ4v) is 4.13. The summed E-state index contributed by atoms with van der Waals surface area (Å²) in [7, 11) is 3.79. The van der Waals surface area contributed by atoms with Gasteiger partial charge in [-0.05, 0) is 67.6 Å². The van der Waals surface area contributed by atoms with Crippen molar-refractivity contribution < 1.29 is 32.6 Å². The molecule has 0 aliphatic rings. The lowest BCUT2D eigenvalue weighted by atomic mass is 9.96. The lowest BCUT2D eigenvalue weighted by Gasteiger charge is -2.20. The van der Waals surface area contributed by atoms with Crippen molar-refractivity contribution in [3.8, 4) is 5.75 Å². The topological polar surface area (TPSA) is 78.9 Å². The SMILES string of the molecule is CC[C@H](Cc1ccc(N(C)C)c(NC(=O)CCCCCCCCOc2ccc(C(F)(F)F)cc2)c1)C(=O)O. The first-order valence-electron chi connectivity index (χ1n) is 13.1. The highest BCUT2D eigenvalue weighted by atomic mass is 19.4. The maximum atomic E-state index is 12.6. The van der Waals surface area contributed by atoms with E-state index in [1.54, 1.807) is 0 Å². The van der Waals surface area contributed by atoms with E-state index >= 15 is 0 Å². The van der Waals surface area contributed by atoms with Crippen LogP contribution < -0.4 is 15.0 Å². The summed E-state index contributed by atoms with van der Waals surface area (Å²) in [6.07, 6.45) is 2.43. The number of carbonyl (C=O) groups is 2. The number of hydrogen-bond donors (Lipinski definition) is 2. The Bertz CT molecular complexity index is 1020. The van der Waals surface area contributed by atoms with E-state index in [-0.39, 0.29) is 5.91 Å². The number of halogens is 3. The van der Waals surface area contributed by atoms with Gasteiger partial charge in [0.2, 0.25) is 5.91 Å². The zero-order chi connectivity index (χ0) is 28.1. The first-order valence-corrected chi connectivity index (χ1v) is 13.1. The standard InChI is InChI=1S/C29H39F3N2O4/c1-4-22(28(36)37)19-21-12-17-26(34(2)3)25(20-21)33-27(35)11-9-7-5-6-8-10-18-38-24-15-13-23(14-16-24)29(30,31)32/h12-17,20,22H,4-11,18-19H2,1-3H3,(H,33,35)(H,36,37)/t22-/m1/s1. The summed E-state index contributed by atoms with van der Waals surface area (Å²) in [5.41, 5.74) is 1.74. The molecule has 38 heavy (non-hydrogen) atoms. The Balaban J connectivity index is 1.67. The summed E-state index contributed by atoms with van der Waals surface area (Å²) < 4.78 is 43.3. The van der Waals surface area contributed by atoms with Crippen molar-refractivity contribution in [1.82, 2.24) is 0 Å².